The summed E-state index contributed by atoms with van der Waals surface area (Å²) >= 11 is 0. The van der Waals surface area contributed by atoms with Crippen LogP contribution in [-0.4, -0.2) is 58.3 Å². The third-order valence-corrected chi connectivity index (χ3v) is 4.35. The Kier molecular flexibility index (Phi) is 6.03. The number of nitrogens with zero attached hydrogens (tertiary/aromatic N) is 1. The maximum absolute atomic E-state index is 11.0. The number of carboxylic acids is 2. The van der Waals surface area contributed by atoms with E-state index >= 15 is 0 Å². The van der Waals surface area contributed by atoms with Crippen LogP contribution in [0.1, 0.15) is 17.5 Å². The summed E-state index contributed by atoms with van der Waals surface area (Å²) in [6.07, 6.45) is -1.63. The van der Waals surface area contributed by atoms with Crippen LogP contribution in [0, 0.1) is 0 Å². The van der Waals surface area contributed by atoms with Crippen LogP contribution in [0.5, 0.6) is 0 Å². The Morgan fingerprint density at radius 3 is 2.00 bits per heavy atom. The average Bonchev–Trinajstić information content (AvgIpc) is 2.99. The summed E-state index contributed by atoms with van der Waals surface area (Å²) in [6, 6.07) is 14.3. The molecule has 2 unspecified atom stereocenters. The molecule has 0 heterocycles. The number of oxime groups is 1. The van der Waals surface area contributed by atoms with Crippen molar-refractivity contribution in [2.45, 2.75) is 18.6 Å². The molecule has 2 aromatic rings. The minimum absolute atomic E-state index is 0.137. The Bertz CT molecular complexity index is 864. The molecule has 0 saturated heterocycles. The molecule has 0 radical (unpaired) electrons. The fourth-order valence-electron chi connectivity index (χ4n) is 3.04. The molecule has 4 N–H and O–H groups in total. The van der Waals surface area contributed by atoms with Gasteiger partial charge in [0.2, 0.25) is 0 Å². The zero-order chi connectivity index (χ0) is 20.1. The molecule has 0 saturated carbocycles. The molecular weight excluding hydrogens is 364 g/mol. The fourth-order valence-corrected chi connectivity index (χ4v) is 3.04. The van der Waals surface area contributed by atoms with Crippen LogP contribution in [0.4, 0.5) is 0 Å². The first-order valence-corrected chi connectivity index (χ1v) is 8.72. The zero-order valence-electron chi connectivity index (χ0n) is 14.9. The molecule has 0 aromatic heterocycles. The van der Waals surface area contributed by atoms with Gasteiger partial charge in [0.05, 0.1) is 6.42 Å². The molecule has 0 spiro atoms. The van der Waals surface area contributed by atoms with Crippen LogP contribution in [0.25, 0.3) is 11.1 Å². The Hall–Kier alpha value is -3.23. The highest BCUT2D eigenvalue weighted by Gasteiger charge is 2.25. The van der Waals surface area contributed by atoms with E-state index < -0.39 is 30.5 Å². The van der Waals surface area contributed by atoms with Crippen LogP contribution in [-0.2, 0) is 14.4 Å². The van der Waals surface area contributed by atoms with Crippen LogP contribution in [0.15, 0.2) is 53.7 Å². The first-order chi connectivity index (χ1) is 13.5. The Morgan fingerprint density at radius 2 is 1.50 bits per heavy atom. The number of carbonyl (C=O) groups is 2. The highest BCUT2D eigenvalue weighted by Crippen LogP contribution is 2.36. The predicted molar refractivity (Wildman–Crippen MR) is 101 cm³/mol. The second-order valence-corrected chi connectivity index (χ2v) is 6.38. The number of fused-ring (bicyclic) bond motifs is 3. The average molecular weight is 384 g/mol. The molecule has 0 bridgehead atoms. The maximum Gasteiger partial charge on any atom is 0.321 e. The van der Waals surface area contributed by atoms with Crippen molar-refractivity contribution in [1.82, 2.24) is 5.32 Å². The molecule has 2 aromatic carbocycles. The number of nitrogens with one attached hydrogen (secondary N) is 1. The van der Waals surface area contributed by atoms with Gasteiger partial charge in [-0.05, 0) is 11.1 Å². The smallest absolute Gasteiger partial charge is 0.321 e. The van der Waals surface area contributed by atoms with E-state index in [1.165, 1.54) is 0 Å². The number of aliphatic hydroxyl groups excluding tert-OH is 1. The van der Waals surface area contributed by atoms with Gasteiger partial charge in [0, 0.05) is 17.7 Å². The van der Waals surface area contributed by atoms with Crippen LogP contribution in [0.3, 0.4) is 0 Å². The quantitative estimate of drug-likeness (QED) is 0.410. The number of carboxylic acid groups (broad SMARTS) is 2. The lowest BCUT2D eigenvalue weighted by atomic mass is 10.1. The monoisotopic (exact) mass is 384 g/mol. The molecule has 1 aliphatic rings. The summed E-state index contributed by atoms with van der Waals surface area (Å²) in [5, 5.41) is 34.4. The van der Waals surface area contributed by atoms with E-state index in [0.717, 1.165) is 22.3 Å². The minimum atomic E-state index is -1.30. The van der Waals surface area contributed by atoms with E-state index in [-0.39, 0.29) is 13.2 Å². The topological polar surface area (TPSA) is 128 Å². The normalized spacial score (nSPS) is 14.0. The van der Waals surface area contributed by atoms with Gasteiger partial charge in [-0.2, -0.15) is 0 Å². The van der Waals surface area contributed by atoms with Crippen LogP contribution >= 0.6 is 0 Å². The van der Waals surface area contributed by atoms with Crippen LogP contribution < -0.4 is 5.32 Å². The van der Waals surface area contributed by atoms with E-state index in [4.69, 9.17) is 15.1 Å². The molecule has 8 nitrogen and oxygen atoms in total. The van der Waals surface area contributed by atoms with Gasteiger partial charge in [0.15, 0.2) is 0 Å². The SMILES string of the molecule is O=C(O)CC(NCC(O)CON=C1c2ccccc2-c2ccccc21)C(=O)O. The van der Waals surface area contributed by atoms with Gasteiger partial charge in [-0.1, -0.05) is 53.7 Å². The number of hydrogen-bond donors (Lipinski definition) is 4. The third-order valence-electron chi connectivity index (χ3n) is 4.35. The number of hydrogen-bond acceptors (Lipinski definition) is 6. The highest BCUT2D eigenvalue weighted by molar-refractivity contribution is 6.24. The number of aliphatic hydroxyl groups is 1. The lowest BCUT2D eigenvalue weighted by Gasteiger charge is -2.15. The first kappa shape index (κ1) is 19.5. The number of aliphatic carboxylic acids is 2. The van der Waals surface area contributed by atoms with Gasteiger partial charge >= 0.3 is 11.9 Å². The Labute approximate surface area is 161 Å². The first-order valence-electron chi connectivity index (χ1n) is 8.72. The van der Waals surface area contributed by atoms with E-state index in [1.54, 1.807) is 0 Å². The van der Waals surface area contributed by atoms with Gasteiger partial charge in [-0.3, -0.25) is 9.59 Å². The van der Waals surface area contributed by atoms with Crippen LogP contribution in [0.2, 0.25) is 0 Å². The Balaban J connectivity index is 1.62. The van der Waals surface area contributed by atoms with E-state index in [0.29, 0.717) is 5.71 Å². The molecule has 0 aliphatic heterocycles. The van der Waals surface area contributed by atoms with E-state index in [9.17, 15) is 14.7 Å². The molecule has 3 rings (SSSR count). The second-order valence-electron chi connectivity index (χ2n) is 6.38. The van der Waals surface area contributed by atoms with E-state index in [1.807, 2.05) is 48.5 Å². The van der Waals surface area contributed by atoms with Crippen molar-refractivity contribution >= 4 is 17.7 Å². The van der Waals surface area contributed by atoms with Crippen molar-refractivity contribution in [3.05, 3.63) is 59.7 Å². The van der Waals surface area contributed by atoms with Gasteiger partial charge in [-0.15, -0.1) is 0 Å². The molecule has 8 heteroatoms. The summed E-state index contributed by atoms with van der Waals surface area (Å²) in [7, 11) is 0. The molecular formula is C20H20N2O6. The van der Waals surface area contributed by atoms with Crippen molar-refractivity contribution < 1.29 is 29.7 Å². The summed E-state index contributed by atoms with van der Waals surface area (Å²) in [4.78, 5) is 27.0. The largest absolute Gasteiger partial charge is 0.481 e. The predicted octanol–water partition coefficient (Wildman–Crippen LogP) is 1.31. The standard InChI is InChI=1S/C20H20N2O6/c23-12(10-21-17(20(26)27)9-18(24)25)11-28-22-19-15-7-3-1-5-13(15)14-6-2-4-8-16(14)19/h1-8,12,17,21,23H,9-11H2,(H,24,25)(H,26,27). The molecule has 146 valence electrons. The van der Waals surface area contributed by atoms with Crippen molar-refractivity contribution in [2.75, 3.05) is 13.2 Å². The zero-order valence-corrected chi connectivity index (χ0v) is 14.9. The Morgan fingerprint density at radius 1 is 0.964 bits per heavy atom. The second kappa shape index (κ2) is 8.64. The molecule has 0 amide bonds. The summed E-state index contributed by atoms with van der Waals surface area (Å²) in [5.41, 5.74) is 4.65. The minimum Gasteiger partial charge on any atom is -0.481 e. The van der Waals surface area contributed by atoms with Crippen molar-refractivity contribution in [3.63, 3.8) is 0 Å². The number of benzene rings is 2. The maximum atomic E-state index is 11.0. The van der Waals surface area contributed by atoms with Gasteiger partial charge in [-0.25, -0.2) is 0 Å². The molecule has 1 aliphatic carbocycles. The summed E-state index contributed by atoms with van der Waals surface area (Å²) in [6.45, 7) is -0.303. The highest BCUT2D eigenvalue weighted by atomic mass is 16.6. The molecule has 0 fully saturated rings. The van der Waals surface area contributed by atoms with Crippen molar-refractivity contribution in [2.24, 2.45) is 5.16 Å². The third kappa shape index (κ3) is 4.36. The fraction of sp³-hybridized carbons (Fsp3) is 0.250. The van der Waals surface area contributed by atoms with Gasteiger partial charge < -0.3 is 25.5 Å². The molecule has 28 heavy (non-hydrogen) atoms. The lowest BCUT2D eigenvalue weighted by Crippen LogP contribution is -2.43. The lowest BCUT2D eigenvalue weighted by molar-refractivity contribution is -0.146. The van der Waals surface area contributed by atoms with Gasteiger partial charge in [0.25, 0.3) is 0 Å². The van der Waals surface area contributed by atoms with E-state index in [2.05, 4.69) is 10.5 Å². The van der Waals surface area contributed by atoms with Gasteiger partial charge in [0.1, 0.15) is 24.5 Å². The van der Waals surface area contributed by atoms with Crippen molar-refractivity contribution in [3.8, 4) is 11.1 Å². The summed E-state index contributed by atoms with van der Waals surface area (Å²) in [5.74, 6) is -2.54. The van der Waals surface area contributed by atoms with Crippen molar-refractivity contribution in [1.29, 1.82) is 0 Å². The molecule has 2 atom stereocenters. The summed E-state index contributed by atoms with van der Waals surface area (Å²) < 4.78 is 0. The number of rotatable bonds is 9.